The summed E-state index contributed by atoms with van der Waals surface area (Å²) in [6.07, 6.45) is 0.877. The van der Waals surface area contributed by atoms with Crippen LogP contribution in [0.2, 0.25) is 0 Å². The van der Waals surface area contributed by atoms with E-state index in [1.165, 1.54) is 0 Å². The Morgan fingerprint density at radius 2 is 2.29 bits per heavy atom. The monoisotopic (exact) mass is 199 g/mol. The van der Waals surface area contributed by atoms with Crippen molar-refractivity contribution in [1.29, 1.82) is 0 Å². The van der Waals surface area contributed by atoms with Crippen LogP contribution >= 0.6 is 0 Å². The molecule has 0 aromatic rings. The molecule has 80 valence electrons. The number of rotatable bonds is 4. The quantitative estimate of drug-likeness (QED) is 0.568. The van der Waals surface area contributed by atoms with Crippen LogP contribution in [0, 0.1) is 0 Å². The minimum atomic E-state index is -0.370. The summed E-state index contributed by atoms with van der Waals surface area (Å²) in [6, 6.07) is -0.370. The van der Waals surface area contributed by atoms with E-state index in [9.17, 15) is 9.59 Å². The molecule has 5 heteroatoms. The number of nitrogens with zero attached hydrogens (tertiary/aromatic N) is 1. The van der Waals surface area contributed by atoms with E-state index in [4.69, 9.17) is 0 Å². The van der Waals surface area contributed by atoms with Gasteiger partial charge in [-0.15, -0.1) is 0 Å². The number of carbonyl (C=O) groups excluding carboxylic acids is 2. The van der Waals surface area contributed by atoms with Gasteiger partial charge < -0.3 is 15.5 Å². The van der Waals surface area contributed by atoms with Crippen LogP contribution in [0.15, 0.2) is 0 Å². The molecule has 1 aliphatic rings. The highest BCUT2D eigenvalue weighted by Crippen LogP contribution is 2.02. The Hall–Kier alpha value is -1.10. The first-order chi connectivity index (χ1) is 6.65. The largest absolute Gasteiger partial charge is 0.343 e. The van der Waals surface area contributed by atoms with Crippen molar-refractivity contribution in [3.63, 3.8) is 0 Å². The molecule has 0 spiro atoms. The average molecular weight is 199 g/mol. The van der Waals surface area contributed by atoms with Crippen molar-refractivity contribution in [2.75, 3.05) is 26.7 Å². The van der Waals surface area contributed by atoms with Crippen molar-refractivity contribution < 1.29 is 9.59 Å². The van der Waals surface area contributed by atoms with Gasteiger partial charge in [0.15, 0.2) is 0 Å². The van der Waals surface area contributed by atoms with Crippen molar-refractivity contribution in [3.8, 4) is 0 Å². The van der Waals surface area contributed by atoms with Crippen LogP contribution in [-0.4, -0.2) is 49.4 Å². The maximum atomic E-state index is 11.6. The van der Waals surface area contributed by atoms with E-state index in [-0.39, 0.29) is 24.4 Å². The summed E-state index contributed by atoms with van der Waals surface area (Å²) in [4.78, 5) is 24.3. The zero-order valence-corrected chi connectivity index (χ0v) is 8.67. The SMILES string of the molecule is CNCCCN1CC(=O)NC(C)C1=O. The van der Waals surface area contributed by atoms with Crippen molar-refractivity contribution in [2.24, 2.45) is 0 Å². The standard InChI is InChI=1S/C9H17N3O2/c1-7-9(14)12(5-3-4-10-2)6-8(13)11-7/h7,10H,3-6H2,1-2H3,(H,11,13). The first-order valence-electron chi connectivity index (χ1n) is 4.88. The summed E-state index contributed by atoms with van der Waals surface area (Å²) in [5, 5.41) is 5.61. The van der Waals surface area contributed by atoms with Crippen LogP contribution in [0.3, 0.4) is 0 Å². The van der Waals surface area contributed by atoms with Gasteiger partial charge in [0, 0.05) is 6.54 Å². The topological polar surface area (TPSA) is 61.4 Å². The molecule has 5 nitrogen and oxygen atoms in total. The van der Waals surface area contributed by atoms with Gasteiger partial charge in [-0.3, -0.25) is 9.59 Å². The lowest BCUT2D eigenvalue weighted by Crippen LogP contribution is -2.57. The van der Waals surface area contributed by atoms with Gasteiger partial charge >= 0.3 is 0 Å². The fraction of sp³-hybridized carbons (Fsp3) is 0.778. The van der Waals surface area contributed by atoms with Crippen LogP contribution in [0.4, 0.5) is 0 Å². The highest BCUT2D eigenvalue weighted by molar-refractivity contribution is 5.94. The Morgan fingerprint density at radius 3 is 2.93 bits per heavy atom. The van der Waals surface area contributed by atoms with Gasteiger partial charge in [0.1, 0.15) is 6.04 Å². The van der Waals surface area contributed by atoms with Gasteiger partial charge in [0.25, 0.3) is 0 Å². The van der Waals surface area contributed by atoms with E-state index < -0.39 is 0 Å². The maximum Gasteiger partial charge on any atom is 0.245 e. The number of nitrogens with one attached hydrogen (secondary N) is 2. The van der Waals surface area contributed by atoms with Gasteiger partial charge in [-0.05, 0) is 26.9 Å². The number of piperazine rings is 1. The van der Waals surface area contributed by atoms with Crippen LogP contribution < -0.4 is 10.6 Å². The summed E-state index contributed by atoms with van der Waals surface area (Å²) in [6.45, 7) is 3.43. The van der Waals surface area contributed by atoms with E-state index in [1.807, 2.05) is 7.05 Å². The van der Waals surface area contributed by atoms with Crippen molar-refractivity contribution in [3.05, 3.63) is 0 Å². The van der Waals surface area contributed by atoms with E-state index in [0.29, 0.717) is 6.54 Å². The summed E-state index contributed by atoms with van der Waals surface area (Å²) in [5.41, 5.74) is 0. The lowest BCUT2D eigenvalue weighted by Gasteiger charge is -2.30. The molecular formula is C9H17N3O2. The van der Waals surface area contributed by atoms with Gasteiger partial charge in [-0.25, -0.2) is 0 Å². The minimum absolute atomic E-state index is 0.0145. The third-order valence-corrected chi connectivity index (χ3v) is 2.25. The smallest absolute Gasteiger partial charge is 0.245 e. The molecule has 1 aliphatic heterocycles. The molecule has 0 aromatic heterocycles. The third-order valence-electron chi connectivity index (χ3n) is 2.25. The average Bonchev–Trinajstić information content (AvgIpc) is 2.13. The minimum Gasteiger partial charge on any atom is -0.343 e. The third kappa shape index (κ3) is 2.70. The highest BCUT2D eigenvalue weighted by Gasteiger charge is 2.28. The molecule has 1 heterocycles. The molecule has 1 saturated heterocycles. The van der Waals surface area contributed by atoms with Crippen LogP contribution in [0.25, 0.3) is 0 Å². The molecule has 0 saturated carbocycles. The van der Waals surface area contributed by atoms with Crippen molar-refractivity contribution in [1.82, 2.24) is 15.5 Å². The van der Waals surface area contributed by atoms with Crippen molar-refractivity contribution in [2.45, 2.75) is 19.4 Å². The highest BCUT2D eigenvalue weighted by atomic mass is 16.2. The lowest BCUT2D eigenvalue weighted by atomic mass is 10.2. The molecule has 14 heavy (non-hydrogen) atoms. The van der Waals surface area contributed by atoms with Gasteiger partial charge in [-0.2, -0.15) is 0 Å². The number of hydrogen-bond donors (Lipinski definition) is 2. The second kappa shape index (κ2) is 4.95. The summed E-state index contributed by atoms with van der Waals surface area (Å²) < 4.78 is 0. The summed E-state index contributed by atoms with van der Waals surface area (Å²) in [7, 11) is 1.87. The molecule has 0 aromatic carbocycles. The van der Waals surface area contributed by atoms with Crippen LogP contribution in [0.1, 0.15) is 13.3 Å². The van der Waals surface area contributed by atoms with Gasteiger partial charge in [-0.1, -0.05) is 0 Å². The summed E-state index contributed by atoms with van der Waals surface area (Å²) >= 11 is 0. The Labute approximate surface area is 83.8 Å². The molecular weight excluding hydrogens is 182 g/mol. The molecule has 0 radical (unpaired) electrons. The fourth-order valence-corrected chi connectivity index (χ4v) is 1.51. The molecule has 1 rings (SSSR count). The molecule has 1 unspecified atom stereocenters. The molecule has 2 amide bonds. The Kier molecular flexibility index (Phi) is 3.88. The van der Waals surface area contributed by atoms with Gasteiger partial charge in [0.2, 0.25) is 11.8 Å². The van der Waals surface area contributed by atoms with Crippen LogP contribution in [-0.2, 0) is 9.59 Å². The number of hydrogen-bond acceptors (Lipinski definition) is 3. The summed E-state index contributed by atoms with van der Waals surface area (Å²) in [5.74, 6) is -0.0535. The fourth-order valence-electron chi connectivity index (χ4n) is 1.51. The van der Waals surface area contributed by atoms with E-state index in [0.717, 1.165) is 13.0 Å². The zero-order valence-electron chi connectivity index (χ0n) is 8.67. The Morgan fingerprint density at radius 1 is 1.57 bits per heavy atom. The zero-order chi connectivity index (χ0) is 10.6. The molecule has 0 bridgehead atoms. The van der Waals surface area contributed by atoms with Gasteiger partial charge in [0.05, 0.1) is 6.54 Å². The van der Waals surface area contributed by atoms with E-state index in [1.54, 1.807) is 11.8 Å². The van der Waals surface area contributed by atoms with Crippen LogP contribution in [0.5, 0.6) is 0 Å². The number of carbonyl (C=O) groups is 2. The van der Waals surface area contributed by atoms with Crippen molar-refractivity contribution >= 4 is 11.8 Å². The van der Waals surface area contributed by atoms with E-state index >= 15 is 0 Å². The molecule has 1 fully saturated rings. The maximum absolute atomic E-state index is 11.6. The predicted octanol–water partition coefficient (Wildman–Crippen LogP) is -1.06. The predicted molar refractivity (Wildman–Crippen MR) is 52.7 cm³/mol. The Bertz CT molecular complexity index is 230. The lowest BCUT2D eigenvalue weighted by molar-refractivity contribution is -0.143. The Balaban J connectivity index is 2.41. The molecule has 2 N–H and O–H groups in total. The second-order valence-electron chi connectivity index (χ2n) is 3.51. The van der Waals surface area contributed by atoms with E-state index in [2.05, 4.69) is 10.6 Å². The first kappa shape index (κ1) is 11.0. The molecule has 1 atom stereocenters. The first-order valence-corrected chi connectivity index (χ1v) is 4.88. The normalized spacial score (nSPS) is 22.4. The number of amides is 2. The second-order valence-corrected chi connectivity index (χ2v) is 3.51. The molecule has 0 aliphatic carbocycles.